The van der Waals surface area contributed by atoms with Gasteiger partial charge in [0, 0.05) is 47.1 Å². The summed E-state index contributed by atoms with van der Waals surface area (Å²) in [7, 11) is 0. The molecule has 0 radical (unpaired) electrons. The highest BCUT2D eigenvalue weighted by molar-refractivity contribution is 6.30. The van der Waals surface area contributed by atoms with E-state index in [9.17, 15) is 19.2 Å². The minimum atomic E-state index is -0.801. The standard InChI is InChI=1S/C26H30ClN5O5/c1-16(2)24(34)29-20-13-22(32(14-20)26(36)30-19-5-3-17(27)4-6-19)25(35)28-18-7-9-21(10-8-18)31-11-12-37-15-23(31)33/h3-10,16,20,22H,11-15H2,1-2H3,(H,28,35)(H,29,34)(H,30,36)/t20-,22+/m0/s1. The van der Waals surface area contributed by atoms with Gasteiger partial charge in [-0.15, -0.1) is 0 Å². The van der Waals surface area contributed by atoms with Crippen LogP contribution in [0, 0.1) is 5.92 Å². The fourth-order valence-electron chi connectivity index (χ4n) is 4.25. The Hall–Kier alpha value is -3.63. The van der Waals surface area contributed by atoms with Gasteiger partial charge in [-0.1, -0.05) is 25.4 Å². The molecule has 5 amide bonds. The molecule has 0 aliphatic carbocycles. The van der Waals surface area contributed by atoms with E-state index >= 15 is 0 Å². The normalized spacial score (nSPS) is 19.6. The summed E-state index contributed by atoms with van der Waals surface area (Å²) < 4.78 is 5.17. The maximum atomic E-state index is 13.3. The van der Waals surface area contributed by atoms with E-state index in [1.54, 1.807) is 67.3 Å². The molecule has 3 N–H and O–H groups in total. The van der Waals surface area contributed by atoms with Crippen LogP contribution in [0.25, 0.3) is 0 Å². The lowest BCUT2D eigenvalue weighted by atomic mass is 10.1. The van der Waals surface area contributed by atoms with Gasteiger partial charge in [0.25, 0.3) is 5.91 Å². The van der Waals surface area contributed by atoms with Crippen molar-refractivity contribution in [1.82, 2.24) is 10.2 Å². The Balaban J connectivity index is 1.46. The molecule has 2 saturated heterocycles. The van der Waals surface area contributed by atoms with E-state index in [1.165, 1.54) is 4.90 Å². The summed E-state index contributed by atoms with van der Waals surface area (Å²) >= 11 is 5.93. The van der Waals surface area contributed by atoms with Crippen molar-refractivity contribution in [2.75, 3.05) is 41.8 Å². The second-order valence-electron chi connectivity index (χ2n) is 9.34. The zero-order chi connectivity index (χ0) is 26.5. The van der Waals surface area contributed by atoms with Crippen LogP contribution in [0.3, 0.4) is 0 Å². The predicted octanol–water partition coefficient (Wildman–Crippen LogP) is 3.09. The molecule has 196 valence electrons. The minimum absolute atomic E-state index is 0.0442. The van der Waals surface area contributed by atoms with E-state index < -0.39 is 12.1 Å². The third kappa shape index (κ3) is 6.58. The lowest BCUT2D eigenvalue weighted by Gasteiger charge is -2.27. The van der Waals surface area contributed by atoms with Crippen molar-refractivity contribution in [2.24, 2.45) is 5.92 Å². The number of nitrogens with one attached hydrogen (secondary N) is 3. The van der Waals surface area contributed by atoms with Crippen LogP contribution in [0.2, 0.25) is 5.02 Å². The number of amides is 5. The molecule has 2 heterocycles. The summed E-state index contributed by atoms with van der Waals surface area (Å²) in [6, 6.07) is 12.0. The van der Waals surface area contributed by atoms with Crippen LogP contribution in [0.5, 0.6) is 0 Å². The van der Waals surface area contributed by atoms with E-state index in [0.717, 1.165) is 0 Å². The van der Waals surface area contributed by atoms with Crippen LogP contribution in [-0.2, 0) is 19.1 Å². The van der Waals surface area contributed by atoms with Crippen molar-refractivity contribution in [3.05, 3.63) is 53.6 Å². The van der Waals surface area contributed by atoms with Gasteiger partial charge in [0.05, 0.1) is 6.61 Å². The van der Waals surface area contributed by atoms with Gasteiger partial charge in [0.15, 0.2) is 0 Å². The summed E-state index contributed by atoms with van der Waals surface area (Å²) in [6.07, 6.45) is 0.276. The van der Waals surface area contributed by atoms with E-state index in [0.29, 0.717) is 35.2 Å². The fraction of sp³-hybridized carbons (Fsp3) is 0.385. The summed E-state index contributed by atoms with van der Waals surface area (Å²) in [5.41, 5.74) is 1.78. The van der Waals surface area contributed by atoms with E-state index in [1.807, 2.05) is 0 Å². The Morgan fingerprint density at radius 1 is 1.00 bits per heavy atom. The number of hydrogen-bond donors (Lipinski definition) is 3. The largest absolute Gasteiger partial charge is 0.370 e. The highest BCUT2D eigenvalue weighted by Gasteiger charge is 2.40. The highest BCUT2D eigenvalue weighted by atomic mass is 35.5. The first-order valence-electron chi connectivity index (χ1n) is 12.1. The van der Waals surface area contributed by atoms with Crippen molar-refractivity contribution >= 4 is 52.4 Å². The highest BCUT2D eigenvalue weighted by Crippen LogP contribution is 2.24. The zero-order valence-corrected chi connectivity index (χ0v) is 21.5. The minimum Gasteiger partial charge on any atom is -0.370 e. The molecule has 2 aliphatic rings. The zero-order valence-electron chi connectivity index (χ0n) is 20.7. The molecule has 4 rings (SSSR count). The summed E-state index contributed by atoms with van der Waals surface area (Å²) in [5, 5.41) is 9.12. The van der Waals surface area contributed by atoms with Crippen LogP contribution in [0.4, 0.5) is 21.9 Å². The molecule has 0 bridgehead atoms. The third-order valence-electron chi connectivity index (χ3n) is 6.26. The molecule has 0 saturated carbocycles. The monoisotopic (exact) mass is 527 g/mol. The number of carbonyl (C=O) groups excluding carboxylic acids is 4. The number of hydrogen-bond acceptors (Lipinski definition) is 5. The smallest absolute Gasteiger partial charge is 0.322 e. The first-order chi connectivity index (χ1) is 17.7. The lowest BCUT2D eigenvalue weighted by molar-refractivity contribution is -0.126. The second-order valence-corrected chi connectivity index (χ2v) is 9.77. The van der Waals surface area contributed by atoms with Gasteiger partial charge in [0.1, 0.15) is 12.6 Å². The number of morpholine rings is 1. The maximum Gasteiger partial charge on any atom is 0.322 e. The number of nitrogens with zero attached hydrogens (tertiary/aromatic N) is 2. The molecule has 37 heavy (non-hydrogen) atoms. The van der Waals surface area contributed by atoms with Gasteiger partial charge >= 0.3 is 6.03 Å². The maximum absolute atomic E-state index is 13.3. The van der Waals surface area contributed by atoms with Gasteiger partial charge in [0.2, 0.25) is 11.8 Å². The molecule has 10 nitrogen and oxygen atoms in total. The van der Waals surface area contributed by atoms with Crippen LogP contribution in [0.1, 0.15) is 20.3 Å². The van der Waals surface area contributed by atoms with Gasteiger partial charge in [-0.3, -0.25) is 14.4 Å². The summed E-state index contributed by atoms with van der Waals surface area (Å²) in [6.45, 7) is 4.74. The fourth-order valence-corrected chi connectivity index (χ4v) is 4.38. The van der Waals surface area contributed by atoms with E-state index in [-0.39, 0.29) is 49.3 Å². The topological polar surface area (TPSA) is 120 Å². The van der Waals surface area contributed by atoms with Gasteiger partial charge in [-0.2, -0.15) is 0 Å². The summed E-state index contributed by atoms with van der Waals surface area (Å²) in [4.78, 5) is 53.8. The number of ether oxygens (including phenoxy) is 1. The molecule has 0 spiro atoms. The molecule has 2 aromatic carbocycles. The quantitative estimate of drug-likeness (QED) is 0.533. The number of carbonyl (C=O) groups is 4. The number of benzene rings is 2. The molecule has 2 atom stereocenters. The number of anilines is 3. The molecule has 0 unspecified atom stereocenters. The van der Waals surface area contributed by atoms with Gasteiger partial charge < -0.3 is 30.5 Å². The molecule has 2 aliphatic heterocycles. The van der Waals surface area contributed by atoms with Gasteiger partial charge in [-0.05, 0) is 55.0 Å². The molecule has 11 heteroatoms. The summed E-state index contributed by atoms with van der Waals surface area (Å²) in [5.74, 6) is -0.855. The molecule has 0 aromatic heterocycles. The Kier molecular flexibility index (Phi) is 8.30. The van der Waals surface area contributed by atoms with Crippen molar-refractivity contribution in [3.63, 3.8) is 0 Å². The Morgan fingerprint density at radius 2 is 1.65 bits per heavy atom. The number of halogens is 1. The number of likely N-dealkylation sites (tertiary alicyclic amines) is 1. The first-order valence-corrected chi connectivity index (χ1v) is 12.5. The van der Waals surface area contributed by atoms with E-state index in [2.05, 4.69) is 16.0 Å². The first kappa shape index (κ1) is 26.4. The van der Waals surface area contributed by atoms with Crippen molar-refractivity contribution in [1.29, 1.82) is 0 Å². The Bertz CT molecular complexity index is 1150. The van der Waals surface area contributed by atoms with Crippen molar-refractivity contribution in [2.45, 2.75) is 32.4 Å². The lowest BCUT2D eigenvalue weighted by Crippen LogP contribution is -2.45. The number of rotatable bonds is 6. The molecular weight excluding hydrogens is 498 g/mol. The van der Waals surface area contributed by atoms with Crippen molar-refractivity contribution in [3.8, 4) is 0 Å². The van der Waals surface area contributed by atoms with Crippen LogP contribution in [-0.4, -0.2) is 67.0 Å². The molecule has 2 fully saturated rings. The average Bonchev–Trinajstić information content (AvgIpc) is 3.30. The van der Waals surface area contributed by atoms with E-state index in [4.69, 9.17) is 16.3 Å². The number of urea groups is 1. The van der Waals surface area contributed by atoms with Crippen LogP contribution >= 0.6 is 11.6 Å². The van der Waals surface area contributed by atoms with Crippen molar-refractivity contribution < 1.29 is 23.9 Å². The van der Waals surface area contributed by atoms with Crippen LogP contribution < -0.4 is 20.9 Å². The van der Waals surface area contributed by atoms with Gasteiger partial charge in [-0.25, -0.2) is 4.79 Å². The SMILES string of the molecule is CC(C)C(=O)N[C@H]1C[C@H](C(=O)Nc2ccc(N3CCOCC3=O)cc2)N(C(=O)Nc2ccc(Cl)cc2)C1. The Morgan fingerprint density at radius 3 is 2.30 bits per heavy atom. The second kappa shape index (κ2) is 11.6. The third-order valence-corrected chi connectivity index (χ3v) is 6.52. The average molecular weight is 528 g/mol. The predicted molar refractivity (Wildman–Crippen MR) is 141 cm³/mol. The Labute approximate surface area is 220 Å². The van der Waals surface area contributed by atoms with Crippen LogP contribution in [0.15, 0.2) is 48.5 Å². The molecular formula is C26H30ClN5O5. The molecule has 2 aromatic rings.